The number of rotatable bonds is 1. The second-order valence-corrected chi connectivity index (χ2v) is 10.2. The van der Waals surface area contributed by atoms with Crippen molar-refractivity contribution in [3.63, 3.8) is 0 Å². The molecule has 1 unspecified atom stereocenters. The minimum atomic E-state index is -1.45. The summed E-state index contributed by atoms with van der Waals surface area (Å²) in [5.74, 6) is 1.13. The molecule has 0 aliphatic heterocycles. The number of aryl methyl sites for hydroxylation is 1. The fraction of sp³-hybridized carbons (Fsp3) is 0.652. The number of fused-ring (bicyclic) bond motifs is 5. The summed E-state index contributed by atoms with van der Waals surface area (Å²) in [6.07, 6.45) is 6.25. The highest BCUT2D eigenvalue weighted by atomic mass is 16.4. The minimum Gasteiger partial charge on any atom is -0.423 e. The normalized spacial score (nSPS) is 29.9. The third-order valence-corrected chi connectivity index (χ3v) is 8.13. The molecule has 2 aliphatic rings. The number of benzene rings is 1. The van der Waals surface area contributed by atoms with Gasteiger partial charge in [-0.1, -0.05) is 34.1 Å². The minimum absolute atomic E-state index is 0.138. The van der Waals surface area contributed by atoms with Crippen LogP contribution < -0.4 is 5.46 Å². The van der Waals surface area contributed by atoms with Crippen LogP contribution in [0.15, 0.2) is 6.07 Å². The first-order valence-electron chi connectivity index (χ1n) is 10.6. The van der Waals surface area contributed by atoms with Crippen molar-refractivity contribution in [1.82, 2.24) is 4.98 Å². The van der Waals surface area contributed by atoms with Gasteiger partial charge in [0.25, 0.3) is 0 Å². The zero-order chi connectivity index (χ0) is 19.7. The maximum Gasteiger partial charge on any atom is 0.490 e. The summed E-state index contributed by atoms with van der Waals surface area (Å²) in [5.41, 5.74) is 6.99. The van der Waals surface area contributed by atoms with Gasteiger partial charge in [0.05, 0.1) is 0 Å². The third-order valence-electron chi connectivity index (χ3n) is 8.13. The summed E-state index contributed by atoms with van der Waals surface area (Å²) in [6.45, 7) is 13.8. The molecule has 3 N–H and O–H groups in total. The molecule has 3 atom stereocenters. The predicted molar refractivity (Wildman–Crippen MR) is 114 cm³/mol. The van der Waals surface area contributed by atoms with E-state index in [1.54, 1.807) is 0 Å². The van der Waals surface area contributed by atoms with Crippen molar-refractivity contribution >= 4 is 23.5 Å². The van der Waals surface area contributed by atoms with Crippen molar-refractivity contribution in [1.29, 1.82) is 0 Å². The van der Waals surface area contributed by atoms with Crippen LogP contribution in [0.3, 0.4) is 0 Å². The van der Waals surface area contributed by atoms with Gasteiger partial charge in [-0.3, -0.25) is 0 Å². The van der Waals surface area contributed by atoms with E-state index in [4.69, 9.17) is 0 Å². The topological polar surface area (TPSA) is 56.2 Å². The van der Waals surface area contributed by atoms with Crippen LogP contribution in [0.4, 0.5) is 0 Å². The maximum atomic E-state index is 10.1. The van der Waals surface area contributed by atoms with Crippen LogP contribution in [0.2, 0.25) is 0 Å². The Kier molecular flexibility index (Phi) is 4.32. The molecule has 1 heterocycles. The van der Waals surface area contributed by atoms with Crippen molar-refractivity contribution < 1.29 is 10.0 Å². The lowest BCUT2D eigenvalue weighted by Gasteiger charge is -2.51. The van der Waals surface area contributed by atoms with Crippen molar-refractivity contribution in [2.75, 3.05) is 0 Å². The molecule has 2 aromatic rings. The van der Waals surface area contributed by atoms with E-state index in [2.05, 4.69) is 45.7 Å². The Labute approximate surface area is 163 Å². The third kappa shape index (κ3) is 2.63. The molecule has 1 fully saturated rings. The Morgan fingerprint density at radius 1 is 1.11 bits per heavy atom. The smallest absolute Gasteiger partial charge is 0.423 e. The maximum absolute atomic E-state index is 10.1. The summed E-state index contributed by atoms with van der Waals surface area (Å²) in [5, 5.41) is 21.5. The first kappa shape index (κ1) is 19.1. The molecule has 1 aromatic heterocycles. The fourth-order valence-corrected chi connectivity index (χ4v) is 6.62. The monoisotopic (exact) mass is 367 g/mol. The average Bonchev–Trinajstić information content (AvgIpc) is 2.88. The lowest BCUT2D eigenvalue weighted by Crippen LogP contribution is -2.44. The van der Waals surface area contributed by atoms with E-state index in [1.807, 2.05) is 6.92 Å². The molecule has 27 heavy (non-hydrogen) atoms. The van der Waals surface area contributed by atoms with E-state index in [0.29, 0.717) is 22.7 Å². The highest BCUT2D eigenvalue weighted by Crippen LogP contribution is 2.58. The van der Waals surface area contributed by atoms with Gasteiger partial charge in [0.2, 0.25) is 0 Å². The SMILES string of the molecule is Cc1cc2c3c([nH]c2c(B(O)O)c1C)C(C)CC[C@@H]1C(C)(C)CCC[C@@]31C. The lowest BCUT2D eigenvalue weighted by atomic mass is 9.53. The average molecular weight is 367 g/mol. The van der Waals surface area contributed by atoms with Crippen LogP contribution in [-0.2, 0) is 5.41 Å². The Hall–Kier alpha value is -1.26. The molecule has 1 aromatic carbocycles. The van der Waals surface area contributed by atoms with Crippen LogP contribution >= 0.6 is 0 Å². The van der Waals surface area contributed by atoms with Crippen LogP contribution in [0.1, 0.15) is 88.1 Å². The van der Waals surface area contributed by atoms with E-state index >= 15 is 0 Å². The van der Waals surface area contributed by atoms with Gasteiger partial charge in [0, 0.05) is 22.1 Å². The fourth-order valence-electron chi connectivity index (χ4n) is 6.62. The molecule has 0 amide bonds. The van der Waals surface area contributed by atoms with Crippen LogP contribution in [-0.4, -0.2) is 22.2 Å². The van der Waals surface area contributed by atoms with E-state index in [-0.39, 0.29) is 5.41 Å². The van der Waals surface area contributed by atoms with Crippen molar-refractivity contribution in [3.05, 3.63) is 28.5 Å². The molecule has 0 saturated heterocycles. The Morgan fingerprint density at radius 2 is 1.81 bits per heavy atom. The van der Waals surface area contributed by atoms with Gasteiger partial charge < -0.3 is 15.0 Å². The molecule has 4 heteroatoms. The van der Waals surface area contributed by atoms with E-state index in [1.165, 1.54) is 48.7 Å². The first-order chi connectivity index (χ1) is 12.6. The van der Waals surface area contributed by atoms with E-state index in [0.717, 1.165) is 16.6 Å². The summed E-state index contributed by atoms with van der Waals surface area (Å²) in [7, 11) is -1.45. The standard InChI is InChI=1S/C23H34BNO2/c1-13-8-9-17-22(4,5)10-7-11-23(17,6)18-16-12-14(2)15(3)19(24(26)27)21(16)25-20(13)18/h12-13,17,25-27H,7-11H2,1-6H3/t13?,17-,23-/m1/s1. The molecule has 0 spiro atoms. The Bertz CT molecular complexity index is 898. The summed E-state index contributed by atoms with van der Waals surface area (Å²) in [4.78, 5) is 3.69. The number of aromatic nitrogens is 1. The second kappa shape index (κ2) is 6.12. The summed E-state index contributed by atoms with van der Waals surface area (Å²) in [6, 6.07) is 2.29. The number of nitrogens with one attached hydrogen (secondary N) is 1. The number of hydrogen-bond acceptors (Lipinski definition) is 2. The largest absolute Gasteiger partial charge is 0.490 e. The molecule has 3 nitrogen and oxygen atoms in total. The number of H-pyrrole nitrogens is 1. The number of aromatic amines is 1. The van der Waals surface area contributed by atoms with Gasteiger partial charge in [-0.05, 0) is 85.0 Å². The molecule has 0 radical (unpaired) electrons. The van der Waals surface area contributed by atoms with Gasteiger partial charge in [-0.15, -0.1) is 0 Å². The van der Waals surface area contributed by atoms with Crippen molar-refractivity contribution in [2.24, 2.45) is 11.3 Å². The highest BCUT2D eigenvalue weighted by molar-refractivity contribution is 6.62. The second-order valence-electron chi connectivity index (χ2n) is 10.2. The molecular weight excluding hydrogens is 333 g/mol. The van der Waals surface area contributed by atoms with Crippen LogP contribution in [0.5, 0.6) is 0 Å². The molecule has 0 bridgehead atoms. The molecule has 146 valence electrons. The molecular formula is C23H34BNO2. The Morgan fingerprint density at radius 3 is 2.48 bits per heavy atom. The van der Waals surface area contributed by atoms with Gasteiger partial charge in [0.1, 0.15) is 0 Å². The summed E-state index contributed by atoms with van der Waals surface area (Å²) >= 11 is 0. The zero-order valence-electron chi connectivity index (χ0n) is 17.7. The van der Waals surface area contributed by atoms with Gasteiger partial charge in [-0.25, -0.2) is 0 Å². The predicted octanol–water partition coefficient (Wildman–Crippen LogP) is 4.45. The quantitative estimate of drug-likeness (QED) is 0.653. The highest BCUT2D eigenvalue weighted by Gasteiger charge is 2.50. The molecule has 4 rings (SSSR count). The number of hydrogen-bond donors (Lipinski definition) is 3. The zero-order valence-corrected chi connectivity index (χ0v) is 17.7. The van der Waals surface area contributed by atoms with Crippen LogP contribution in [0.25, 0.3) is 10.9 Å². The lowest BCUT2D eigenvalue weighted by molar-refractivity contribution is 0.0505. The van der Waals surface area contributed by atoms with E-state index in [9.17, 15) is 10.0 Å². The Balaban J connectivity index is 2.08. The van der Waals surface area contributed by atoms with E-state index < -0.39 is 7.12 Å². The molecule has 2 aliphatic carbocycles. The van der Waals surface area contributed by atoms with Crippen molar-refractivity contribution in [2.45, 2.75) is 85.0 Å². The summed E-state index contributed by atoms with van der Waals surface area (Å²) < 4.78 is 0. The van der Waals surface area contributed by atoms with Gasteiger partial charge in [-0.2, -0.15) is 0 Å². The molecule has 1 saturated carbocycles. The van der Waals surface area contributed by atoms with Gasteiger partial charge in [0.15, 0.2) is 0 Å². The van der Waals surface area contributed by atoms with Crippen molar-refractivity contribution in [3.8, 4) is 0 Å². The van der Waals surface area contributed by atoms with Crippen LogP contribution in [0, 0.1) is 25.2 Å². The van der Waals surface area contributed by atoms with Gasteiger partial charge >= 0.3 is 7.12 Å². The first-order valence-corrected chi connectivity index (χ1v) is 10.6.